The minimum absolute atomic E-state index is 0.0159. The second-order valence-corrected chi connectivity index (χ2v) is 4.17. The van der Waals surface area contributed by atoms with Crippen LogP contribution in [0.3, 0.4) is 0 Å². The van der Waals surface area contributed by atoms with Crippen LogP contribution < -0.4 is 0 Å². The van der Waals surface area contributed by atoms with Crippen molar-refractivity contribution in [2.45, 2.75) is 19.1 Å². The monoisotopic (exact) mass is 279 g/mol. The average molecular weight is 280 g/mol. The van der Waals surface area contributed by atoms with Crippen molar-refractivity contribution in [1.29, 1.82) is 0 Å². The van der Waals surface area contributed by atoms with Gasteiger partial charge in [-0.2, -0.15) is 13.2 Å². The average Bonchev–Trinajstić information content (AvgIpc) is 2.28. The third-order valence-electron chi connectivity index (χ3n) is 2.25. The van der Waals surface area contributed by atoms with Crippen molar-refractivity contribution in [2.24, 2.45) is 0 Å². The molecule has 0 fully saturated rings. The summed E-state index contributed by atoms with van der Waals surface area (Å²) in [5.74, 6) is -0.576. The van der Waals surface area contributed by atoms with Crippen LogP contribution in [-0.2, 0) is 11.3 Å². The van der Waals surface area contributed by atoms with Gasteiger partial charge in [0.1, 0.15) is 6.54 Å². The Labute approximate surface area is 108 Å². The van der Waals surface area contributed by atoms with Crippen LogP contribution in [0.1, 0.15) is 12.0 Å². The van der Waals surface area contributed by atoms with Crippen molar-refractivity contribution in [1.82, 2.24) is 4.90 Å². The first kappa shape index (κ1) is 14.8. The lowest BCUT2D eigenvalue weighted by Crippen LogP contribution is -2.38. The molecular weight excluding hydrogens is 267 g/mol. The molecule has 0 aliphatic carbocycles. The molecule has 0 aliphatic heterocycles. The van der Waals surface area contributed by atoms with Crippen molar-refractivity contribution < 1.29 is 18.0 Å². The SMILES string of the molecule is O=C(CCCl)N(Cc1ccccc1)CC(F)(F)F. The molecule has 0 atom stereocenters. The highest BCUT2D eigenvalue weighted by Crippen LogP contribution is 2.19. The van der Waals surface area contributed by atoms with E-state index in [0.717, 1.165) is 4.90 Å². The summed E-state index contributed by atoms with van der Waals surface area (Å²) in [4.78, 5) is 12.3. The predicted molar refractivity (Wildman–Crippen MR) is 63.3 cm³/mol. The number of carbonyl (C=O) groups excluding carboxylic acids is 1. The van der Waals surface area contributed by atoms with Crippen LogP contribution in [0.2, 0.25) is 0 Å². The first-order valence-corrected chi connectivity index (χ1v) is 5.90. The third-order valence-corrected chi connectivity index (χ3v) is 2.44. The lowest BCUT2D eigenvalue weighted by Gasteiger charge is -2.23. The van der Waals surface area contributed by atoms with E-state index in [-0.39, 0.29) is 18.8 Å². The van der Waals surface area contributed by atoms with Crippen molar-refractivity contribution in [3.8, 4) is 0 Å². The molecule has 0 bridgehead atoms. The normalized spacial score (nSPS) is 11.3. The van der Waals surface area contributed by atoms with Crippen LogP contribution in [0.5, 0.6) is 0 Å². The lowest BCUT2D eigenvalue weighted by atomic mass is 10.2. The highest BCUT2D eigenvalue weighted by Gasteiger charge is 2.32. The fourth-order valence-electron chi connectivity index (χ4n) is 1.49. The lowest BCUT2D eigenvalue weighted by molar-refractivity contribution is -0.162. The fourth-order valence-corrected chi connectivity index (χ4v) is 1.65. The summed E-state index contributed by atoms with van der Waals surface area (Å²) in [5.41, 5.74) is 0.657. The van der Waals surface area contributed by atoms with Crippen LogP contribution in [-0.4, -0.2) is 29.4 Å². The van der Waals surface area contributed by atoms with Crippen molar-refractivity contribution in [3.63, 3.8) is 0 Å². The Morgan fingerprint density at radius 1 is 1.22 bits per heavy atom. The summed E-state index contributed by atoms with van der Waals surface area (Å²) in [6, 6.07) is 8.55. The zero-order chi connectivity index (χ0) is 13.6. The van der Waals surface area contributed by atoms with E-state index < -0.39 is 18.6 Å². The summed E-state index contributed by atoms with van der Waals surface area (Å²) in [6.07, 6.45) is -4.50. The van der Waals surface area contributed by atoms with Gasteiger partial charge in [-0.25, -0.2) is 0 Å². The molecule has 0 heterocycles. The Morgan fingerprint density at radius 2 is 1.83 bits per heavy atom. The summed E-state index contributed by atoms with van der Waals surface area (Å²) in [6.45, 7) is -1.31. The summed E-state index contributed by atoms with van der Waals surface area (Å²) < 4.78 is 37.1. The molecule has 0 saturated carbocycles. The van der Waals surface area contributed by atoms with Gasteiger partial charge in [-0.3, -0.25) is 4.79 Å². The topological polar surface area (TPSA) is 20.3 Å². The zero-order valence-electron chi connectivity index (χ0n) is 9.58. The maximum Gasteiger partial charge on any atom is 0.406 e. The smallest absolute Gasteiger partial charge is 0.329 e. The van der Waals surface area contributed by atoms with Crippen LogP contribution in [0.4, 0.5) is 13.2 Å². The number of benzene rings is 1. The number of rotatable bonds is 5. The molecule has 0 saturated heterocycles. The summed E-state index contributed by atoms with van der Waals surface area (Å²) in [5, 5.41) is 0. The molecule has 0 spiro atoms. The highest BCUT2D eigenvalue weighted by atomic mass is 35.5. The van der Waals surface area contributed by atoms with Crippen molar-refractivity contribution in [3.05, 3.63) is 35.9 Å². The van der Waals surface area contributed by atoms with Gasteiger partial charge in [0, 0.05) is 18.8 Å². The van der Waals surface area contributed by atoms with Gasteiger partial charge in [-0.15, -0.1) is 11.6 Å². The number of amides is 1. The molecular formula is C12H13ClF3NO. The molecule has 0 unspecified atom stereocenters. The standard InChI is InChI=1S/C12H13ClF3NO/c13-7-6-11(18)17(9-12(14,15)16)8-10-4-2-1-3-5-10/h1-5H,6-9H2. The largest absolute Gasteiger partial charge is 0.406 e. The Kier molecular flexibility index (Phi) is 5.47. The van der Waals surface area contributed by atoms with Crippen LogP contribution >= 0.6 is 11.6 Å². The maximum absolute atomic E-state index is 12.4. The molecule has 6 heteroatoms. The van der Waals surface area contributed by atoms with Gasteiger partial charge >= 0.3 is 6.18 Å². The van der Waals surface area contributed by atoms with E-state index in [1.54, 1.807) is 30.3 Å². The second kappa shape index (κ2) is 6.64. The summed E-state index contributed by atoms with van der Waals surface area (Å²) in [7, 11) is 0. The number of alkyl halides is 4. The first-order valence-electron chi connectivity index (χ1n) is 5.37. The molecule has 1 rings (SSSR count). The van der Waals surface area contributed by atoms with Gasteiger partial charge in [0.05, 0.1) is 0 Å². The molecule has 1 aromatic carbocycles. The third kappa shape index (κ3) is 5.40. The predicted octanol–water partition coefficient (Wildman–Crippen LogP) is 3.21. The number of hydrogen-bond acceptors (Lipinski definition) is 1. The highest BCUT2D eigenvalue weighted by molar-refractivity contribution is 6.18. The molecule has 100 valence electrons. The van der Waals surface area contributed by atoms with Crippen LogP contribution in [0, 0.1) is 0 Å². The second-order valence-electron chi connectivity index (χ2n) is 3.79. The molecule has 18 heavy (non-hydrogen) atoms. The van der Waals surface area contributed by atoms with Crippen LogP contribution in [0.15, 0.2) is 30.3 Å². The summed E-state index contributed by atoms with van der Waals surface area (Å²) >= 11 is 5.39. The van der Waals surface area contributed by atoms with E-state index in [9.17, 15) is 18.0 Å². The van der Waals surface area contributed by atoms with Gasteiger partial charge in [-0.05, 0) is 5.56 Å². The Morgan fingerprint density at radius 3 is 2.33 bits per heavy atom. The van der Waals surface area contributed by atoms with Gasteiger partial charge in [0.25, 0.3) is 0 Å². The molecule has 2 nitrogen and oxygen atoms in total. The van der Waals surface area contributed by atoms with Crippen LogP contribution in [0.25, 0.3) is 0 Å². The molecule has 1 aromatic rings. The Hall–Kier alpha value is -1.23. The minimum Gasteiger partial charge on any atom is -0.329 e. The van der Waals surface area contributed by atoms with Crippen molar-refractivity contribution >= 4 is 17.5 Å². The number of nitrogens with zero attached hydrogens (tertiary/aromatic N) is 1. The van der Waals surface area contributed by atoms with Gasteiger partial charge in [0.2, 0.25) is 5.91 Å². The number of hydrogen-bond donors (Lipinski definition) is 0. The molecule has 0 N–H and O–H groups in total. The van der Waals surface area contributed by atoms with Gasteiger partial charge < -0.3 is 4.90 Å². The van der Waals surface area contributed by atoms with E-state index in [2.05, 4.69) is 0 Å². The Bertz CT molecular complexity index is 381. The number of carbonyl (C=O) groups is 1. The van der Waals surface area contributed by atoms with Gasteiger partial charge in [-0.1, -0.05) is 30.3 Å². The minimum atomic E-state index is -4.41. The van der Waals surface area contributed by atoms with E-state index in [4.69, 9.17) is 11.6 Å². The molecule has 0 aliphatic rings. The number of halogens is 4. The first-order chi connectivity index (χ1) is 8.42. The van der Waals surface area contributed by atoms with E-state index in [1.165, 1.54) is 0 Å². The quantitative estimate of drug-likeness (QED) is 0.758. The Balaban J connectivity index is 2.74. The fraction of sp³-hybridized carbons (Fsp3) is 0.417. The van der Waals surface area contributed by atoms with Gasteiger partial charge in [0.15, 0.2) is 0 Å². The van der Waals surface area contributed by atoms with Crippen molar-refractivity contribution in [2.75, 3.05) is 12.4 Å². The van der Waals surface area contributed by atoms with E-state index in [0.29, 0.717) is 5.56 Å². The van der Waals surface area contributed by atoms with E-state index in [1.807, 2.05) is 0 Å². The van der Waals surface area contributed by atoms with E-state index >= 15 is 0 Å². The zero-order valence-corrected chi connectivity index (χ0v) is 10.3. The molecule has 0 radical (unpaired) electrons. The maximum atomic E-state index is 12.4. The molecule has 0 aromatic heterocycles. The molecule has 1 amide bonds.